The lowest BCUT2D eigenvalue weighted by Crippen LogP contribution is -2.31. The lowest BCUT2D eigenvalue weighted by Gasteiger charge is -2.17. The average molecular weight is 349 g/mol. The molecule has 5 aromatic rings. The van der Waals surface area contributed by atoms with Crippen LogP contribution < -0.4 is 5.46 Å². The highest BCUT2D eigenvalue weighted by molar-refractivity contribution is 6.66. The first-order valence-electron chi connectivity index (χ1n) is 9.44. The van der Waals surface area contributed by atoms with Gasteiger partial charge >= 0.3 is 7.12 Å². The minimum Gasteiger partial charge on any atom is -0.423 e. The normalized spacial score (nSPS) is 11.9. The highest BCUT2D eigenvalue weighted by Gasteiger charge is 2.22. The summed E-state index contributed by atoms with van der Waals surface area (Å²) in [4.78, 5) is 0. The molecule has 27 heavy (non-hydrogen) atoms. The number of benzene rings is 5. The van der Waals surface area contributed by atoms with Crippen molar-refractivity contribution in [2.45, 2.75) is 0 Å². The molecule has 3 heteroatoms. The molecule has 5 rings (SSSR count). The van der Waals surface area contributed by atoms with E-state index >= 15 is 0 Å². The molecule has 2 N–H and O–H groups in total. The van der Waals surface area contributed by atoms with Crippen LogP contribution in [0.25, 0.3) is 43.4 Å². The van der Waals surface area contributed by atoms with Crippen LogP contribution in [0.2, 0.25) is 0 Å². The summed E-state index contributed by atoms with van der Waals surface area (Å²) in [6.07, 6.45) is 0. The molecule has 0 atom stereocenters. The van der Waals surface area contributed by atoms with E-state index in [1.165, 1.54) is 5.39 Å². The van der Waals surface area contributed by atoms with Crippen LogP contribution in [0, 0.1) is 0 Å². The molecule has 0 heterocycles. The van der Waals surface area contributed by atoms with Crippen LogP contribution in [0.4, 0.5) is 0 Å². The van der Waals surface area contributed by atoms with E-state index in [0.29, 0.717) is 10.8 Å². The first-order valence-corrected chi connectivity index (χ1v) is 8.94. The molecule has 0 aliphatic heterocycles. The maximum absolute atomic E-state index is 10.1. The second kappa shape index (κ2) is 6.24. The number of hydrogen-bond donors (Lipinski definition) is 2. The monoisotopic (exact) mass is 349 g/mol. The van der Waals surface area contributed by atoms with Gasteiger partial charge in [-0.05, 0) is 55.0 Å². The third-order valence-corrected chi connectivity index (χ3v) is 5.18. The fraction of sp³-hybridized carbons (Fsp3) is 0. The molecule has 0 bridgehead atoms. The van der Waals surface area contributed by atoms with Crippen molar-refractivity contribution in [2.24, 2.45) is 0 Å². The Bertz CT molecular complexity index is 1360. The first-order chi connectivity index (χ1) is 13.6. The molecule has 5 aromatic carbocycles. The SMILES string of the molecule is [2H]c1cccc2c(-c3ccc4ccccc4c3)c3ccccc3c(B(O)O)c12. The molecule has 2 nitrogen and oxygen atoms in total. The van der Waals surface area contributed by atoms with E-state index in [-0.39, 0.29) is 6.04 Å². The smallest absolute Gasteiger partial charge is 0.423 e. The van der Waals surface area contributed by atoms with Crippen molar-refractivity contribution in [3.8, 4) is 11.1 Å². The summed E-state index contributed by atoms with van der Waals surface area (Å²) in [6.45, 7) is 0. The Labute approximate surface area is 158 Å². The van der Waals surface area contributed by atoms with Gasteiger partial charge in [-0.1, -0.05) is 84.9 Å². The van der Waals surface area contributed by atoms with Gasteiger partial charge in [0.2, 0.25) is 0 Å². The van der Waals surface area contributed by atoms with Crippen LogP contribution in [0.5, 0.6) is 0 Å². The summed E-state index contributed by atoms with van der Waals surface area (Å²) in [7, 11) is -1.65. The molecule has 0 aliphatic rings. The van der Waals surface area contributed by atoms with Crippen LogP contribution >= 0.6 is 0 Å². The van der Waals surface area contributed by atoms with Crippen molar-refractivity contribution in [3.63, 3.8) is 0 Å². The molecule has 0 radical (unpaired) electrons. The fourth-order valence-corrected chi connectivity index (χ4v) is 4.01. The average Bonchev–Trinajstić information content (AvgIpc) is 2.71. The summed E-state index contributed by atoms with van der Waals surface area (Å²) >= 11 is 0. The molecule has 0 aromatic heterocycles. The van der Waals surface area contributed by atoms with Crippen molar-refractivity contribution in [1.82, 2.24) is 0 Å². The van der Waals surface area contributed by atoms with Gasteiger partial charge < -0.3 is 10.0 Å². The second-order valence-corrected chi connectivity index (χ2v) is 6.73. The predicted molar refractivity (Wildman–Crippen MR) is 114 cm³/mol. The maximum atomic E-state index is 10.1. The van der Waals surface area contributed by atoms with Crippen molar-refractivity contribution in [1.29, 1.82) is 0 Å². The topological polar surface area (TPSA) is 40.5 Å². The van der Waals surface area contributed by atoms with Gasteiger partial charge in [0.1, 0.15) is 0 Å². The van der Waals surface area contributed by atoms with Crippen molar-refractivity contribution < 1.29 is 11.4 Å². The number of fused-ring (bicyclic) bond motifs is 3. The van der Waals surface area contributed by atoms with Gasteiger partial charge in [-0.3, -0.25) is 0 Å². The molecule has 0 aliphatic carbocycles. The lowest BCUT2D eigenvalue weighted by molar-refractivity contribution is 0.426. The summed E-state index contributed by atoms with van der Waals surface area (Å²) in [5, 5.41) is 25.7. The highest BCUT2D eigenvalue weighted by Crippen LogP contribution is 2.36. The van der Waals surface area contributed by atoms with Gasteiger partial charge in [-0.15, -0.1) is 0 Å². The predicted octanol–water partition coefficient (Wildman–Crippen LogP) is 4.49. The molecule has 0 spiro atoms. The van der Waals surface area contributed by atoms with E-state index in [1.807, 2.05) is 48.5 Å². The van der Waals surface area contributed by atoms with E-state index in [1.54, 1.807) is 6.07 Å². The zero-order chi connectivity index (χ0) is 19.3. The van der Waals surface area contributed by atoms with Crippen LogP contribution in [-0.2, 0) is 0 Å². The van der Waals surface area contributed by atoms with Crippen LogP contribution in [0.3, 0.4) is 0 Å². The minimum atomic E-state index is -1.65. The van der Waals surface area contributed by atoms with Crippen molar-refractivity contribution in [2.75, 3.05) is 0 Å². The molecule has 0 unspecified atom stereocenters. The van der Waals surface area contributed by atoms with Gasteiger partial charge in [-0.25, -0.2) is 0 Å². The van der Waals surface area contributed by atoms with E-state index in [0.717, 1.165) is 32.7 Å². The van der Waals surface area contributed by atoms with Gasteiger partial charge in [0.25, 0.3) is 0 Å². The lowest BCUT2D eigenvalue weighted by atomic mass is 9.72. The first kappa shape index (κ1) is 15.0. The summed E-state index contributed by atoms with van der Waals surface area (Å²) in [5.41, 5.74) is 2.44. The minimum absolute atomic E-state index is 0.286. The molecular formula is C24H17BO2. The Morgan fingerprint density at radius 3 is 2.04 bits per heavy atom. The van der Waals surface area contributed by atoms with E-state index < -0.39 is 7.12 Å². The zero-order valence-corrected chi connectivity index (χ0v) is 14.6. The highest BCUT2D eigenvalue weighted by atomic mass is 16.4. The fourth-order valence-electron chi connectivity index (χ4n) is 4.01. The van der Waals surface area contributed by atoms with E-state index in [9.17, 15) is 10.0 Å². The van der Waals surface area contributed by atoms with Crippen molar-refractivity contribution >= 4 is 44.9 Å². The third kappa shape index (κ3) is 2.52. The Hall–Kier alpha value is -3.14. The summed E-state index contributed by atoms with van der Waals surface area (Å²) in [6, 6.07) is 28.1. The number of rotatable bonds is 2. The van der Waals surface area contributed by atoms with E-state index in [4.69, 9.17) is 1.37 Å². The Kier molecular flexibility index (Phi) is 3.46. The Morgan fingerprint density at radius 2 is 1.26 bits per heavy atom. The summed E-state index contributed by atoms with van der Waals surface area (Å²) in [5.74, 6) is 0. The molecule has 0 saturated heterocycles. The largest absolute Gasteiger partial charge is 0.489 e. The zero-order valence-electron chi connectivity index (χ0n) is 15.6. The van der Waals surface area contributed by atoms with Crippen molar-refractivity contribution in [3.05, 3.63) is 91.0 Å². The number of hydrogen-bond acceptors (Lipinski definition) is 2. The maximum Gasteiger partial charge on any atom is 0.489 e. The van der Waals surface area contributed by atoms with Crippen LogP contribution in [0.15, 0.2) is 91.0 Å². The van der Waals surface area contributed by atoms with Gasteiger partial charge in [-0.2, -0.15) is 0 Å². The summed E-state index contributed by atoms with van der Waals surface area (Å²) < 4.78 is 8.44. The van der Waals surface area contributed by atoms with Gasteiger partial charge in [0, 0.05) is 0 Å². The standard InChI is InChI=1S/C24H17BO2/c26-25(27)24-21-11-5-3-9-19(21)23(20-10-4-6-12-22(20)24)18-14-13-16-7-1-2-8-17(16)15-18/h1-15,26-27H/i11D. The molecule has 0 saturated carbocycles. The van der Waals surface area contributed by atoms with Crippen LogP contribution in [0.1, 0.15) is 1.37 Å². The van der Waals surface area contributed by atoms with Gasteiger partial charge in [0.15, 0.2) is 0 Å². The Morgan fingerprint density at radius 1 is 0.630 bits per heavy atom. The Balaban J connectivity index is 2.00. The molecule has 128 valence electrons. The second-order valence-electron chi connectivity index (χ2n) is 6.73. The van der Waals surface area contributed by atoms with E-state index in [2.05, 4.69) is 30.3 Å². The molecule has 0 amide bonds. The third-order valence-electron chi connectivity index (χ3n) is 5.18. The molecule has 0 fully saturated rings. The van der Waals surface area contributed by atoms with Crippen LogP contribution in [-0.4, -0.2) is 17.2 Å². The quantitative estimate of drug-likeness (QED) is 0.364. The molecular weight excluding hydrogens is 331 g/mol. The van der Waals surface area contributed by atoms with Gasteiger partial charge in [0.05, 0.1) is 1.37 Å².